The van der Waals surface area contributed by atoms with Gasteiger partial charge in [-0.1, -0.05) is 65.5 Å². The van der Waals surface area contributed by atoms with Crippen LogP contribution in [0.4, 0.5) is 11.4 Å². The molecule has 4 aliphatic rings. The van der Waals surface area contributed by atoms with Crippen molar-refractivity contribution in [3.8, 4) is 0 Å². The molecular weight excluding hydrogens is 480 g/mol. The fourth-order valence-corrected chi connectivity index (χ4v) is 9.89. The average Bonchev–Trinajstić information content (AvgIpc) is 3.25. The minimum Gasteiger partial charge on any atom is -0.458 e. The van der Waals surface area contributed by atoms with Crippen molar-refractivity contribution < 1.29 is 9.53 Å². The van der Waals surface area contributed by atoms with E-state index in [0.717, 1.165) is 60.5 Å². The second-order valence-electron chi connectivity index (χ2n) is 14.7. The molecule has 1 aromatic carbocycles. The van der Waals surface area contributed by atoms with Gasteiger partial charge in [-0.25, -0.2) is 4.79 Å². The Kier molecular flexibility index (Phi) is 8.15. The zero-order valence-corrected chi connectivity index (χ0v) is 25.5. The van der Waals surface area contributed by atoms with Crippen LogP contribution in [0.3, 0.4) is 0 Å². The normalized spacial score (nSPS) is 36.4. The Bertz CT molecular complexity index is 1080. The Hall–Kier alpha value is -1.97. The lowest BCUT2D eigenvalue weighted by Gasteiger charge is -2.58. The summed E-state index contributed by atoms with van der Waals surface area (Å²) in [4.78, 5) is 13.0. The summed E-state index contributed by atoms with van der Waals surface area (Å²) in [6, 6.07) is 5.39. The molecule has 0 aromatic heterocycles. The molecule has 216 valence electrons. The maximum absolute atomic E-state index is 13.0. The molecule has 3 saturated carbocycles. The van der Waals surface area contributed by atoms with Gasteiger partial charge < -0.3 is 15.8 Å². The Morgan fingerprint density at radius 1 is 1.05 bits per heavy atom. The highest BCUT2D eigenvalue weighted by molar-refractivity contribution is 5.92. The number of nitrogens with one attached hydrogen (secondary N) is 1. The molecule has 0 saturated heterocycles. The lowest BCUT2D eigenvalue weighted by atomic mass is 9.47. The van der Waals surface area contributed by atoms with E-state index in [0.29, 0.717) is 16.7 Å². The first-order valence-corrected chi connectivity index (χ1v) is 16.0. The predicted octanol–water partition coefficient (Wildman–Crippen LogP) is 8.88. The molecule has 3 N–H and O–H groups in total. The van der Waals surface area contributed by atoms with E-state index in [2.05, 4.69) is 46.0 Å². The third-order valence-electron chi connectivity index (χ3n) is 12.0. The molecule has 8 unspecified atom stereocenters. The second-order valence-corrected chi connectivity index (χ2v) is 14.7. The van der Waals surface area contributed by atoms with E-state index in [9.17, 15) is 4.79 Å². The van der Waals surface area contributed by atoms with Crippen LogP contribution >= 0.6 is 0 Å². The molecule has 0 amide bonds. The SMILES string of the molecule is CNc1cc(N)cc(C(=O)OC2CCC3(C)C(=CCC4C3CCC3(C)C(C(C)CCCC(C)C)CCC43)C2)c1. The summed E-state index contributed by atoms with van der Waals surface area (Å²) in [5.41, 5.74) is 10.3. The van der Waals surface area contributed by atoms with Crippen LogP contribution in [0.1, 0.15) is 116 Å². The fourth-order valence-electron chi connectivity index (χ4n) is 9.89. The van der Waals surface area contributed by atoms with Gasteiger partial charge >= 0.3 is 5.97 Å². The van der Waals surface area contributed by atoms with Gasteiger partial charge in [0.15, 0.2) is 0 Å². The number of esters is 1. The second kappa shape index (κ2) is 11.1. The van der Waals surface area contributed by atoms with Crippen molar-refractivity contribution in [3.63, 3.8) is 0 Å². The minimum atomic E-state index is -0.255. The number of carbonyl (C=O) groups excluding carboxylic acids is 1. The van der Waals surface area contributed by atoms with E-state index >= 15 is 0 Å². The molecule has 4 aliphatic carbocycles. The zero-order chi connectivity index (χ0) is 27.9. The van der Waals surface area contributed by atoms with Crippen molar-refractivity contribution in [2.45, 2.75) is 111 Å². The van der Waals surface area contributed by atoms with Crippen LogP contribution < -0.4 is 11.1 Å². The predicted molar refractivity (Wildman–Crippen MR) is 163 cm³/mol. The molecule has 0 aliphatic heterocycles. The Labute approximate surface area is 237 Å². The largest absolute Gasteiger partial charge is 0.458 e. The molecular formula is C35H54N2O2. The number of anilines is 2. The van der Waals surface area contributed by atoms with E-state index in [1.54, 1.807) is 11.6 Å². The molecule has 4 nitrogen and oxygen atoms in total. The topological polar surface area (TPSA) is 64.3 Å². The van der Waals surface area contributed by atoms with Crippen LogP contribution in [-0.4, -0.2) is 19.1 Å². The zero-order valence-electron chi connectivity index (χ0n) is 25.5. The summed E-state index contributed by atoms with van der Waals surface area (Å²) in [6.07, 6.45) is 16.6. The summed E-state index contributed by atoms with van der Waals surface area (Å²) in [5, 5.41) is 3.08. The molecule has 0 heterocycles. The van der Waals surface area contributed by atoms with Crippen molar-refractivity contribution in [3.05, 3.63) is 35.4 Å². The van der Waals surface area contributed by atoms with Crippen LogP contribution in [0.25, 0.3) is 0 Å². The molecule has 8 atom stereocenters. The van der Waals surface area contributed by atoms with E-state index in [1.165, 1.54) is 51.4 Å². The smallest absolute Gasteiger partial charge is 0.338 e. The first-order valence-electron chi connectivity index (χ1n) is 16.0. The van der Waals surface area contributed by atoms with Crippen molar-refractivity contribution in [2.75, 3.05) is 18.1 Å². The highest BCUT2D eigenvalue weighted by Crippen LogP contribution is 2.67. The van der Waals surface area contributed by atoms with Crippen LogP contribution in [0, 0.1) is 46.3 Å². The third-order valence-corrected chi connectivity index (χ3v) is 12.0. The number of fused-ring (bicyclic) bond motifs is 5. The number of hydrogen-bond acceptors (Lipinski definition) is 4. The average molecular weight is 535 g/mol. The molecule has 4 heteroatoms. The number of benzene rings is 1. The molecule has 0 bridgehead atoms. The lowest BCUT2D eigenvalue weighted by Crippen LogP contribution is -2.51. The number of carbonyl (C=O) groups is 1. The summed E-state index contributed by atoms with van der Waals surface area (Å²) in [7, 11) is 1.84. The lowest BCUT2D eigenvalue weighted by molar-refractivity contribution is -0.0594. The van der Waals surface area contributed by atoms with Crippen LogP contribution in [0.5, 0.6) is 0 Å². The maximum atomic E-state index is 13.0. The molecule has 0 radical (unpaired) electrons. The van der Waals surface area contributed by atoms with Gasteiger partial charge in [0.1, 0.15) is 6.10 Å². The standard InChI is InChI=1S/C35H54N2O2/c1-22(2)8-7-9-23(3)30-12-13-31-29-11-10-25-20-28(14-16-34(25,4)32(29)15-17-35(30,31)5)39-33(38)24-18-26(36)21-27(19-24)37-6/h10,18-19,21-23,28-32,37H,7-9,11-17,20,36H2,1-6H3. The van der Waals surface area contributed by atoms with Crippen molar-refractivity contribution in [1.82, 2.24) is 0 Å². The first-order chi connectivity index (χ1) is 18.5. The highest BCUT2D eigenvalue weighted by atomic mass is 16.5. The van der Waals surface area contributed by atoms with Gasteiger partial charge in [-0.05, 0) is 109 Å². The maximum Gasteiger partial charge on any atom is 0.338 e. The number of rotatable bonds is 8. The van der Waals surface area contributed by atoms with E-state index in [-0.39, 0.29) is 17.5 Å². The quantitative estimate of drug-likeness (QED) is 0.199. The molecule has 39 heavy (non-hydrogen) atoms. The van der Waals surface area contributed by atoms with Gasteiger partial charge in [0.2, 0.25) is 0 Å². The first kappa shape index (κ1) is 28.6. The van der Waals surface area contributed by atoms with Gasteiger partial charge in [-0.15, -0.1) is 0 Å². The summed E-state index contributed by atoms with van der Waals surface area (Å²) < 4.78 is 6.07. The Balaban J connectivity index is 1.25. The van der Waals surface area contributed by atoms with Crippen molar-refractivity contribution >= 4 is 17.3 Å². The van der Waals surface area contributed by atoms with Gasteiger partial charge in [-0.3, -0.25) is 0 Å². The molecule has 1 aromatic rings. The van der Waals surface area contributed by atoms with E-state index in [4.69, 9.17) is 10.5 Å². The van der Waals surface area contributed by atoms with E-state index in [1.807, 2.05) is 19.2 Å². The van der Waals surface area contributed by atoms with Crippen LogP contribution in [0.2, 0.25) is 0 Å². The number of nitrogens with two attached hydrogens (primary N) is 1. The van der Waals surface area contributed by atoms with Gasteiger partial charge in [0.05, 0.1) is 5.56 Å². The monoisotopic (exact) mass is 534 g/mol. The fraction of sp³-hybridized carbons (Fsp3) is 0.743. The van der Waals surface area contributed by atoms with Gasteiger partial charge in [0, 0.05) is 24.8 Å². The van der Waals surface area contributed by atoms with Crippen LogP contribution in [-0.2, 0) is 4.74 Å². The number of ether oxygens (including phenoxy) is 1. The highest BCUT2D eigenvalue weighted by Gasteiger charge is 2.59. The van der Waals surface area contributed by atoms with Gasteiger partial charge in [-0.2, -0.15) is 0 Å². The van der Waals surface area contributed by atoms with E-state index < -0.39 is 0 Å². The molecule has 0 spiro atoms. The molecule has 5 rings (SSSR count). The molecule has 3 fully saturated rings. The number of nitrogen functional groups attached to an aromatic ring is 1. The van der Waals surface area contributed by atoms with Gasteiger partial charge in [0.25, 0.3) is 0 Å². The Morgan fingerprint density at radius 3 is 2.59 bits per heavy atom. The van der Waals surface area contributed by atoms with Crippen molar-refractivity contribution in [1.29, 1.82) is 0 Å². The summed E-state index contributed by atoms with van der Waals surface area (Å²) in [5.74, 6) is 4.82. The number of hydrogen-bond donors (Lipinski definition) is 2. The third kappa shape index (κ3) is 5.38. The Morgan fingerprint density at radius 2 is 1.85 bits per heavy atom. The van der Waals surface area contributed by atoms with Crippen molar-refractivity contribution in [2.24, 2.45) is 46.3 Å². The summed E-state index contributed by atoms with van der Waals surface area (Å²) in [6.45, 7) is 12.5. The minimum absolute atomic E-state index is 0.0377. The van der Waals surface area contributed by atoms with Crippen LogP contribution in [0.15, 0.2) is 29.8 Å². The number of allylic oxidation sites excluding steroid dienone is 1. The summed E-state index contributed by atoms with van der Waals surface area (Å²) >= 11 is 0.